The molecule has 0 saturated heterocycles. The summed E-state index contributed by atoms with van der Waals surface area (Å²) >= 11 is 0. The summed E-state index contributed by atoms with van der Waals surface area (Å²) in [6.45, 7) is 2.25. The molecule has 1 N–H and O–H groups in total. The molecule has 0 radical (unpaired) electrons. The van der Waals surface area contributed by atoms with Gasteiger partial charge in [-0.2, -0.15) is 0 Å². The minimum absolute atomic E-state index is 0.0254. The second-order valence-corrected chi connectivity index (χ2v) is 6.31. The first-order valence-electron chi connectivity index (χ1n) is 8.66. The number of hydrogen-bond acceptors (Lipinski definition) is 4. The molecule has 0 aliphatic carbocycles. The van der Waals surface area contributed by atoms with E-state index in [-0.39, 0.29) is 5.91 Å². The van der Waals surface area contributed by atoms with Gasteiger partial charge in [0.05, 0.1) is 18.9 Å². The van der Waals surface area contributed by atoms with Crippen LogP contribution in [-0.4, -0.2) is 32.3 Å². The van der Waals surface area contributed by atoms with E-state index in [1.165, 1.54) is 5.56 Å². The molecule has 1 amide bonds. The number of amides is 1. The second-order valence-electron chi connectivity index (χ2n) is 6.31. The van der Waals surface area contributed by atoms with E-state index in [0.717, 1.165) is 23.2 Å². The fraction of sp³-hybridized carbons (Fsp3) is 0.250. The fourth-order valence-electron chi connectivity index (χ4n) is 3.25. The molecule has 0 spiro atoms. The molecule has 0 bridgehead atoms. The number of pyridine rings is 2. The Morgan fingerprint density at radius 2 is 2.15 bits per heavy atom. The second kappa shape index (κ2) is 7.49. The van der Waals surface area contributed by atoms with Gasteiger partial charge in [-0.25, -0.2) is 0 Å². The van der Waals surface area contributed by atoms with Crippen LogP contribution in [0.5, 0.6) is 0 Å². The molecule has 0 atom stereocenters. The van der Waals surface area contributed by atoms with Gasteiger partial charge in [-0.15, -0.1) is 0 Å². The van der Waals surface area contributed by atoms with Crippen LogP contribution in [0.2, 0.25) is 0 Å². The van der Waals surface area contributed by atoms with Crippen LogP contribution in [0.15, 0.2) is 55.1 Å². The molecule has 0 saturated carbocycles. The van der Waals surface area contributed by atoms with Gasteiger partial charge in [-0.1, -0.05) is 6.07 Å². The Labute approximate surface area is 151 Å². The third kappa shape index (κ3) is 3.50. The van der Waals surface area contributed by atoms with Gasteiger partial charge in [-0.05, 0) is 47.4 Å². The van der Waals surface area contributed by atoms with Crippen molar-refractivity contribution in [3.05, 3.63) is 83.2 Å². The Bertz CT molecular complexity index is 878. The first-order valence-corrected chi connectivity index (χ1v) is 8.66. The van der Waals surface area contributed by atoms with E-state index in [0.29, 0.717) is 32.0 Å². The van der Waals surface area contributed by atoms with E-state index in [2.05, 4.69) is 15.0 Å². The number of ether oxygens (including phenoxy) is 1. The van der Waals surface area contributed by atoms with Crippen molar-refractivity contribution in [1.82, 2.24) is 19.9 Å². The van der Waals surface area contributed by atoms with E-state index < -0.39 is 0 Å². The normalized spacial score (nSPS) is 13.5. The average molecular weight is 348 g/mol. The molecule has 0 aromatic carbocycles. The van der Waals surface area contributed by atoms with Crippen molar-refractivity contribution in [2.75, 3.05) is 6.54 Å². The predicted octanol–water partition coefficient (Wildman–Crippen LogP) is 2.72. The number of aromatic amines is 1. The van der Waals surface area contributed by atoms with Crippen LogP contribution in [-0.2, 0) is 30.9 Å². The lowest BCUT2D eigenvalue weighted by atomic mass is 9.97. The smallest absolute Gasteiger partial charge is 0.270 e. The van der Waals surface area contributed by atoms with Crippen LogP contribution in [0, 0.1) is 0 Å². The number of nitrogens with one attached hydrogen (secondary N) is 1. The predicted molar refractivity (Wildman–Crippen MR) is 96.2 cm³/mol. The molecule has 6 nitrogen and oxygen atoms in total. The molecule has 26 heavy (non-hydrogen) atoms. The SMILES string of the molecule is O=C(c1ccc[nH]1)N1CCc2c(COCc3ccccn3)cncc2C1. The summed E-state index contributed by atoms with van der Waals surface area (Å²) in [7, 11) is 0. The largest absolute Gasteiger partial charge is 0.370 e. The number of fused-ring (bicyclic) bond motifs is 1. The van der Waals surface area contributed by atoms with Gasteiger partial charge < -0.3 is 14.6 Å². The standard InChI is InChI=1S/C20H20N4O2/c25-20(19-5-3-8-23-19)24-9-6-18-15(12-24)10-21-11-16(18)13-26-14-17-4-1-2-7-22-17/h1-5,7-8,10-11,23H,6,9,12-14H2. The molecular formula is C20H20N4O2. The van der Waals surface area contributed by atoms with Gasteiger partial charge in [0.25, 0.3) is 5.91 Å². The molecule has 3 aromatic rings. The maximum absolute atomic E-state index is 12.5. The first kappa shape index (κ1) is 16.5. The summed E-state index contributed by atoms with van der Waals surface area (Å²) in [5, 5.41) is 0. The summed E-state index contributed by atoms with van der Waals surface area (Å²) in [6.07, 6.45) is 8.06. The summed E-state index contributed by atoms with van der Waals surface area (Å²) in [5.41, 5.74) is 4.96. The van der Waals surface area contributed by atoms with E-state index in [9.17, 15) is 4.79 Å². The number of aromatic nitrogens is 3. The lowest BCUT2D eigenvalue weighted by Gasteiger charge is -2.29. The maximum Gasteiger partial charge on any atom is 0.270 e. The Balaban J connectivity index is 1.42. The molecule has 3 aromatic heterocycles. The van der Waals surface area contributed by atoms with Crippen molar-refractivity contribution in [2.24, 2.45) is 0 Å². The lowest BCUT2D eigenvalue weighted by Crippen LogP contribution is -2.36. The minimum atomic E-state index is 0.0254. The van der Waals surface area contributed by atoms with Crippen LogP contribution in [0.25, 0.3) is 0 Å². The Kier molecular flexibility index (Phi) is 4.75. The molecular weight excluding hydrogens is 328 g/mol. The summed E-state index contributed by atoms with van der Waals surface area (Å²) < 4.78 is 5.82. The van der Waals surface area contributed by atoms with Crippen molar-refractivity contribution in [1.29, 1.82) is 0 Å². The van der Waals surface area contributed by atoms with Gasteiger partial charge in [0.2, 0.25) is 0 Å². The number of H-pyrrole nitrogens is 1. The Morgan fingerprint density at radius 1 is 1.19 bits per heavy atom. The molecule has 1 aliphatic rings. The quantitative estimate of drug-likeness (QED) is 0.770. The number of hydrogen-bond donors (Lipinski definition) is 1. The summed E-state index contributed by atoms with van der Waals surface area (Å²) in [6, 6.07) is 9.43. The summed E-state index contributed by atoms with van der Waals surface area (Å²) in [4.78, 5) is 26.0. The average Bonchev–Trinajstić information content (AvgIpc) is 3.23. The van der Waals surface area contributed by atoms with Crippen molar-refractivity contribution in [3.63, 3.8) is 0 Å². The number of rotatable bonds is 5. The fourth-order valence-corrected chi connectivity index (χ4v) is 3.25. The summed E-state index contributed by atoms with van der Waals surface area (Å²) in [5.74, 6) is 0.0254. The molecule has 0 unspecified atom stereocenters. The molecule has 1 aliphatic heterocycles. The van der Waals surface area contributed by atoms with E-state index in [4.69, 9.17) is 4.74 Å². The van der Waals surface area contributed by atoms with Crippen LogP contribution in [0.4, 0.5) is 0 Å². The highest BCUT2D eigenvalue weighted by Gasteiger charge is 2.24. The van der Waals surface area contributed by atoms with Crippen LogP contribution in [0.3, 0.4) is 0 Å². The lowest BCUT2D eigenvalue weighted by molar-refractivity contribution is 0.0726. The van der Waals surface area contributed by atoms with Crippen LogP contribution < -0.4 is 0 Å². The third-order valence-electron chi connectivity index (χ3n) is 4.58. The Morgan fingerprint density at radius 3 is 2.96 bits per heavy atom. The third-order valence-corrected chi connectivity index (χ3v) is 4.58. The molecule has 6 heteroatoms. The molecule has 0 fully saturated rings. The van der Waals surface area contributed by atoms with Gasteiger partial charge in [0.1, 0.15) is 5.69 Å². The van der Waals surface area contributed by atoms with Crippen LogP contribution >= 0.6 is 0 Å². The van der Waals surface area contributed by atoms with Crippen molar-refractivity contribution in [3.8, 4) is 0 Å². The highest BCUT2D eigenvalue weighted by molar-refractivity contribution is 5.92. The highest BCUT2D eigenvalue weighted by Crippen LogP contribution is 2.23. The molecule has 4 rings (SSSR count). The zero-order valence-electron chi connectivity index (χ0n) is 14.4. The van der Waals surface area contributed by atoms with Gasteiger partial charge >= 0.3 is 0 Å². The van der Waals surface area contributed by atoms with Crippen molar-refractivity contribution in [2.45, 2.75) is 26.2 Å². The number of carbonyl (C=O) groups excluding carboxylic acids is 1. The zero-order chi connectivity index (χ0) is 17.8. The minimum Gasteiger partial charge on any atom is -0.370 e. The zero-order valence-corrected chi connectivity index (χ0v) is 14.4. The number of nitrogens with zero attached hydrogens (tertiary/aromatic N) is 3. The van der Waals surface area contributed by atoms with Crippen molar-refractivity contribution < 1.29 is 9.53 Å². The van der Waals surface area contributed by atoms with E-state index >= 15 is 0 Å². The number of carbonyl (C=O) groups is 1. The van der Waals surface area contributed by atoms with Gasteiger partial charge in [-0.3, -0.25) is 14.8 Å². The van der Waals surface area contributed by atoms with Crippen LogP contribution in [0.1, 0.15) is 32.9 Å². The van der Waals surface area contributed by atoms with Crippen molar-refractivity contribution >= 4 is 5.91 Å². The molecule has 4 heterocycles. The highest BCUT2D eigenvalue weighted by atomic mass is 16.5. The molecule has 132 valence electrons. The van der Waals surface area contributed by atoms with E-state index in [1.54, 1.807) is 18.5 Å². The Hall–Kier alpha value is -2.99. The topological polar surface area (TPSA) is 71.1 Å². The van der Waals surface area contributed by atoms with Gasteiger partial charge in [0.15, 0.2) is 0 Å². The van der Waals surface area contributed by atoms with Gasteiger partial charge in [0, 0.05) is 37.9 Å². The monoisotopic (exact) mass is 348 g/mol. The first-order chi connectivity index (χ1) is 12.8. The maximum atomic E-state index is 12.5. The van der Waals surface area contributed by atoms with E-state index in [1.807, 2.05) is 41.6 Å².